The van der Waals surface area contributed by atoms with Gasteiger partial charge in [0.05, 0.1) is 18.3 Å². The molecule has 96 valence electrons. The van der Waals surface area contributed by atoms with Gasteiger partial charge in [-0.05, 0) is 33.1 Å². The average Bonchev–Trinajstić information content (AvgIpc) is 2.48. The van der Waals surface area contributed by atoms with Crippen molar-refractivity contribution in [3.8, 4) is 0 Å². The maximum absolute atomic E-state index is 9.60. The third-order valence-electron chi connectivity index (χ3n) is 2.98. The van der Waals surface area contributed by atoms with Crippen LogP contribution in [0.15, 0.2) is 0 Å². The van der Waals surface area contributed by atoms with Gasteiger partial charge in [0.25, 0.3) is 0 Å². The summed E-state index contributed by atoms with van der Waals surface area (Å²) in [5.41, 5.74) is -0.533. The molecule has 1 rings (SSSR count). The first kappa shape index (κ1) is 13.9. The van der Waals surface area contributed by atoms with Crippen LogP contribution >= 0.6 is 0 Å². The molecule has 0 bridgehead atoms. The van der Waals surface area contributed by atoms with Gasteiger partial charge in [0.15, 0.2) is 6.29 Å². The zero-order chi connectivity index (χ0) is 12.2. The highest BCUT2D eigenvalue weighted by atomic mass is 16.7. The number of ether oxygens (including phenoxy) is 2. The molecule has 0 aromatic heterocycles. The second-order valence-corrected chi connectivity index (χ2v) is 5.76. The minimum absolute atomic E-state index is 0.00728. The molecule has 3 atom stereocenters. The Hall–Kier alpha value is -0.120. The van der Waals surface area contributed by atoms with E-state index in [0.717, 1.165) is 32.3 Å². The predicted octanol–water partition coefficient (Wildman–Crippen LogP) is 2.72. The van der Waals surface area contributed by atoms with Crippen LogP contribution in [0.1, 0.15) is 53.4 Å². The average molecular weight is 230 g/mol. The molecule has 3 nitrogen and oxygen atoms in total. The van der Waals surface area contributed by atoms with E-state index in [1.165, 1.54) is 0 Å². The zero-order valence-electron chi connectivity index (χ0n) is 11.0. The molecule has 1 fully saturated rings. The molecule has 0 aromatic carbocycles. The van der Waals surface area contributed by atoms with Crippen molar-refractivity contribution in [2.45, 2.75) is 71.4 Å². The predicted molar refractivity (Wildman–Crippen MR) is 64.2 cm³/mol. The molecule has 1 N–H and O–H groups in total. The van der Waals surface area contributed by atoms with Gasteiger partial charge in [0.1, 0.15) is 0 Å². The van der Waals surface area contributed by atoms with E-state index >= 15 is 0 Å². The quantitative estimate of drug-likeness (QED) is 0.762. The molecule has 3 heteroatoms. The number of hydrogen-bond acceptors (Lipinski definition) is 3. The summed E-state index contributed by atoms with van der Waals surface area (Å²) < 4.78 is 11.1. The minimum atomic E-state index is -0.533. The summed E-state index contributed by atoms with van der Waals surface area (Å²) in [4.78, 5) is 0. The van der Waals surface area contributed by atoms with Gasteiger partial charge in [-0.2, -0.15) is 0 Å². The van der Waals surface area contributed by atoms with Crippen molar-refractivity contribution < 1.29 is 14.6 Å². The van der Waals surface area contributed by atoms with E-state index in [-0.39, 0.29) is 12.4 Å². The van der Waals surface area contributed by atoms with Crippen LogP contribution in [0, 0.1) is 5.92 Å². The molecule has 1 heterocycles. The summed E-state index contributed by atoms with van der Waals surface area (Å²) in [6.45, 7) is 8.71. The van der Waals surface area contributed by atoms with Crippen molar-refractivity contribution in [3.63, 3.8) is 0 Å². The van der Waals surface area contributed by atoms with Gasteiger partial charge in [-0.15, -0.1) is 0 Å². The van der Waals surface area contributed by atoms with Crippen molar-refractivity contribution in [1.82, 2.24) is 0 Å². The minimum Gasteiger partial charge on any atom is -0.390 e. The lowest BCUT2D eigenvalue weighted by Gasteiger charge is -2.19. The van der Waals surface area contributed by atoms with Crippen molar-refractivity contribution in [3.05, 3.63) is 0 Å². The van der Waals surface area contributed by atoms with Crippen LogP contribution in [0.25, 0.3) is 0 Å². The molecule has 0 saturated carbocycles. The van der Waals surface area contributed by atoms with Crippen molar-refractivity contribution in [1.29, 1.82) is 0 Å². The molecule has 1 aliphatic heterocycles. The summed E-state index contributed by atoms with van der Waals surface area (Å²) in [5, 5.41) is 9.60. The molecular formula is C13H26O3. The normalized spacial score (nSPS) is 28.3. The topological polar surface area (TPSA) is 38.7 Å². The van der Waals surface area contributed by atoms with Gasteiger partial charge >= 0.3 is 0 Å². The summed E-state index contributed by atoms with van der Waals surface area (Å²) in [6, 6.07) is 0. The van der Waals surface area contributed by atoms with E-state index in [1.54, 1.807) is 0 Å². The number of hydrogen-bond donors (Lipinski definition) is 1. The van der Waals surface area contributed by atoms with Crippen LogP contribution in [0.5, 0.6) is 0 Å². The fraction of sp³-hybridized carbons (Fsp3) is 1.00. The van der Waals surface area contributed by atoms with Crippen LogP contribution in [-0.2, 0) is 9.47 Å². The lowest BCUT2D eigenvalue weighted by Crippen LogP contribution is -2.19. The highest BCUT2D eigenvalue weighted by molar-refractivity contribution is 4.68. The van der Waals surface area contributed by atoms with E-state index < -0.39 is 5.60 Å². The van der Waals surface area contributed by atoms with Gasteiger partial charge in [0.2, 0.25) is 0 Å². The largest absolute Gasteiger partial charge is 0.390 e. The van der Waals surface area contributed by atoms with Crippen molar-refractivity contribution >= 4 is 0 Å². The standard InChI is InChI=1S/C13H26O3/c1-10(6-5-7-13(3,4)14)8-12-15-9-11(2)16-12/h10-12,14H,5-9H2,1-4H3/t10-,11-,12+/m0/s1. The molecule has 0 radical (unpaired) electrons. The first-order chi connectivity index (χ1) is 7.37. The van der Waals surface area contributed by atoms with Crippen LogP contribution in [0.2, 0.25) is 0 Å². The molecule has 0 amide bonds. The van der Waals surface area contributed by atoms with E-state index in [4.69, 9.17) is 9.47 Å². The van der Waals surface area contributed by atoms with Gasteiger partial charge in [-0.1, -0.05) is 19.8 Å². The van der Waals surface area contributed by atoms with Gasteiger partial charge in [0, 0.05) is 6.42 Å². The van der Waals surface area contributed by atoms with Crippen LogP contribution in [0.4, 0.5) is 0 Å². The number of aliphatic hydroxyl groups is 1. The van der Waals surface area contributed by atoms with E-state index in [9.17, 15) is 5.11 Å². The summed E-state index contributed by atoms with van der Waals surface area (Å²) in [6.07, 6.45) is 4.26. The fourth-order valence-electron chi connectivity index (χ4n) is 2.03. The maximum atomic E-state index is 9.60. The van der Waals surface area contributed by atoms with Crippen LogP contribution < -0.4 is 0 Å². The molecule has 1 aliphatic rings. The van der Waals surface area contributed by atoms with Crippen molar-refractivity contribution in [2.24, 2.45) is 5.92 Å². The fourth-order valence-corrected chi connectivity index (χ4v) is 2.03. The number of rotatable bonds is 6. The molecule has 0 aliphatic carbocycles. The third kappa shape index (κ3) is 5.83. The molecule has 0 unspecified atom stereocenters. The third-order valence-corrected chi connectivity index (χ3v) is 2.98. The monoisotopic (exact) mass is 230 g/mol. The summed E-state index contributed by atoms with van der Waals surface area (Å²) in [7, 11) is 0. The Morgan fingerprint density at radius 3 is 2.62 bits per heavy atom. The maximum Gasteiger partial charge on any atom is 0.158 e. The van der Waals surface area contributed by atoms with Gasteiger partial charge in [-0.25, -0.2) is 0 Å². The molecule has 0 spiro atoms. The summed E-state index contributed by atoms with van der Waals surface area (Å²) in [5.74, 6) is 0.595. The Morgan fingerprint density at radius 2 is 2.12 bits per heavy atom. The van der Waals surface area contributed by atoms with Crippen molar-refractivity contribution in [2.75, 3.05) is 6.61 Å². The first-order valence-electron chi connectivity index (χ1n) is 6.36. The molecule has 1 saturated heterocycles. The highest BCUT2D eigenvalue weighted by Crippen LogP contribution is 2.23. The summed E-state index contributed by atoms with van der Waals surface area (Å²) >= 11 is 0. The molecule has 16 heavy (non-hydrogen) atoms. The van der Waals surface area contributed by atoms with Crippen LogP contribution in [0.3, 0.4) is 0 Å². The Labute approximate surface area is 99.1 Å². The lowest BCUT2D eigenvalue weighted by molar-refractivity contribution is -0.0683. The SMILES string of the molecule is C[C@@H](CCCC(C)(C)O)C[C@@H]1OC[C@H](C)O1. The van der Waals surface area contributed by atoms with Gasteiger partial charge in [-0.3, -0.25) is 0 Å². The highest BCUT2D eigenvalue weighted by Gasteiger charge is 2.24. The Bertz CT molecular complexity index is 198. The Morgan fingerprint density at radius 1 is 1.44 bits per heavy atom. The molecule has 0 aromatic rings. The zero-order valence-corrected chi connectivity index (χ0v) is 11.0. The van der Waals surface area contributed by atoms with E-state index in [0.29, 0.717) is 5.92 Å². The van der Waals surface area contributed by atoms with Crippen LogP contribution in [-0.4, -0.2) is 29.7 Å². The molecular weight excluding hydrogens is 204 g/mol. The van der Waals surface area contributed by atoms with E-state index in [2.05, 4.69) is 6.92 Å². The second-order valence-electron chi connectivity index (χ2n) is 5.76. The van der Waals surface area contributed by atoms with E-state index in [1.807, 2.05) is 20.8 Å². The second kappa shape index (κ2) is 5.99. The van der Waals surface area contributed by atoms with Gasteiger partial charge < -0.3 is 14.6 Å². The first-order valence-corrected chi connectivity index (χ1v) is 6.36. The smallest absolute Gasteiger partial charge is 0.158 e. The lowest BCUT2D eigenvalue weighted by atomic mass is 9.95. The Kier molecular flexibility index (Phi) is 5.22. The Balaban J connectivity index is 2.09.